The van der Waals surface area contributed by atoms with Gasteiger partial charge < -0.3 is 15.7 Å². The Morgan fingerprint density at radius 2 is 1.54 bits per heavy atom. The van der Waals surface area contributed by atoms with E-state index in [-0.39, 0.29) is 12.3 Å². The molecule has 3 N–H and O–H groups in total. The maximum absolute atomic E-state index is 12.5. The summed E-state index contributed by atoms with van der Waals surface area (Å²) in [5.74, 6) is -0.343. The van der Waals surface area contributed by atoms with Crippen molar-refractivity contribution in [1.82, 2.24) is 10.6 Å². The fraction of sp³-hybridized carbons (Fsp3) is 0.143. The number of carbonyl (C=O) groups is 2. The molecule has 3 rings (SSSR count). The molecule has 0 radical (unpaired) electrons. The molecule has 5 heteroatoms. The summed E-state index contributed by atoms with van der Waals surface area (Å²) in [7, 11) is 0. The first kappa shape index (κ1) is 17.5. The van der Waals surface area contributed by atoms with Crippen molar-refractivity contribution in [2.75, 3.05) is 0 Å². The Labute approximate surface area is 151 Å². The van der Waals surface area contributed by atoms with Gasteiger partial charge in [-0.1, -0.05) is 72.8 Å². The average molecular weight is 348 g/mol. The van der Waals surface area contributed by atoms with Crippen LogP contribution < -0.4 is 10.6 Å². The number of hydrogen-bond donors (Lipinski definition) is 3. The van der Waals surface area contributed by atoms with E-state index in [1.54, 1.807) is 0 Å². The normalized spacial score (nSPS) is 11.7. The summed E-state index contributed by atoms with van der Waals surface area (Å²) in [6.45, 7) is 0.356. The van der Waals surface area contributed by atoms with E-state index in [4.69, 9.17) is 5.11 Å². The van der Waals surface area contributed by atoms with Crippen LogP contribution in [0.25, 0.3) is 10.8 Å². The molecule has 2 amide bonds. The van der Waals surface area contributed by atoms with Gasteiger partial charge >= 0.3 is 6.09 Å². The highest BCUT2D eigenvalue weighted by Gasteiger charge is 2.21. The fourth-order valence-electron chi connectivity index (χ4n) is 2.87. The van der Waals surface area contributed by atoms with Crippen molar-refractivity contribution in [3.8, 4) is 0 Å². The summed E-state index contributed by atoms with van der Waals surface area (Å²) in [4.78, 5) is 23.6. The quantitative estimate of drug-likeness (QED) is 0.639. The second-order valence-corrected chi connectivity index (χ2v) is 6.09. The minimum absolute atomic E-state index is 0.289. The fourth-order valence-corrected chi connectivity index (χ4v) is 2.87. The van der Waals surface area contributed by atoms with Crippen molar-refractivity contribution >= 4 is 22.8 Å². The third-order valence-corrected chi connectivity index (χ3v) is 4.18. The molecule has 132 valence electrons. The van der Waals surface area contributed by atoms with Crippen molar-refractivity contribution in [3.05, 3.63) is 83.9 Å². The van der Waals surface area contributed by atoms with Gasteiger partial charge in [0.15, 0.2) is 0 Å². The Bertz CT molecular complexity index is 909. The SMILES string of the molecule is O=C(O)NC(Cc1ccc2ccccc2c1)C(=O)NCc1ccccc1. The molecule has 26 heavy (non-hydrogen) atoms. The van der Waals surface area contributed by atoms with Gasteiger partial charge in [0, 0.05) is 13.0 Å². The van der Waals surface area contributed by atoms with Gasteiger partial charge in [-0.3, -0.25) is 4.79 Å². The van der Waals surface area contributed by atoms with Gasteiger partial charge in [-0.05, 0) is 21.9 Å². The minimum Gasteiger partial charge on any atom is -0.465 e. The maximum Gasteiger partial charge on any atom is 0.405 e. The molecule has 0 heterocycles. The lowest BCUT2D eigenvalue weighted by molar-refractivity contribution is -0.123. The molecule has 0 fully saturated rings. The number of carbonyl (C=O) groups excluding carboxylic acids is 1. The third-order valence-electron chi connectivity index (χ3n) is 4.18. The predicted octanol–water partition coefficient (Wildman–Crippen LogP) is 3.33. The highest BCUT2D eigenvalue weighted by Crippen LogP contribution is 2.17. The van der Waals surface area contributed by atoms with E-state index in [9.17, 15) is 9.59 Å². The summed E-state index contributed by atoms with van der Waals surface area (Å²) in [5, 5.41) is 16.4. The van der Waals surface area contributed by atoms with Crippen LogP contribution in [0.1, 0.15) is 11.1 Å². The van der Waals surface area contributed by atoms with Gasteiger partial charge in [-0.2, -0.15) is 0 Å². The molecule has 0 aliphatic rings. The first-order chi connectivity index (χ1) is 12.6. The van der Waals surface area contributed by atoms with E-state index < -0.39 is 12.1 Å². The zero-order valence-corrected chi connectivity index (χ0v) is 14.2. The van der Waals surface area contributed by atoms with E-state index in [0.717, 1.165) is 21.9 Å². The first-order valence-electron chi connectivity index (χ1n) is 8.40. The van der Waals surface area contributed by atoms with Crippen LogP contribution in [0.5, 0.6) is 0 Å². The van der Waals surface area contributed by atoms with Gasteiger partial charge in [0.2, 0.25) is 5.91 Å². The molecule has 0 saturated carbocycles. The molecule has 0 spiro atoms. The summed E-state index contributed by atoms with van der Waals surface area (Å²) in [6, 6.07) is 22.5. The molecule has 0 aliphatic carbocycles. The topological polar surface area (TPSA) is 78.4 Å². The van der Waals surface area contributed by atoms with Gasteiger partial charge in [0.1, 0.15) is 6.04 Å². The van der Waals surface area contributed by atoms with Crippen LogP contribution in [-0.2, 0) is 17.8 Å². The van der Waals surface area contributed by atoms with Crippen molar-refractivity contribution in [1.29, 1.82) is 0 Å². The van der Waals surface area contributed by atoms with Gasteiger partial charge in [0.25, 0.3) is 0 Å². The van der Waals surface area contributed by atoms with Gasteiger partial charge in [-0.15, -0.1) is 0 Å². The van der Waals surface area contributed by atoms with Gasteiger partial charge in [-0.25, -0.2) is 4.79 Å². The van der Waals surface area contributed by atoms with Crippen LogP contribution in [0.3, 0.4) is 0 Å². The Balaban J connectivity index is 1.71. The van der Waals surface area contributed by atoms with Crippen molar-refractivity contribution in [3.63, 3.8) is 0 Å². The van der Waals surface area contributed by atoms with E-state index >= 15 is 0 Å². The van der Waals surface area contributed by atoms with Crippen LogP contribution in [0.2, 0.25) is 0 Å². The summed E-state index contributed by atoms with van der Waals surface area (Å²) < 4.78 is 0. The number of fused-ring (bicyclic) bond motifs is 1. The lowest BCUT2D eigenvalue weighted by Crippen LogP contribution is -2.47. The van der Waals surface area contributed by atoms with Crippen molar-refractivity contribution in [2.45, 2.75) is 19.0 Å². The number of benzene rings is 3. The number of carboxylic acid groups (broad SMARTS) is 1. The Kier molecular flexibility index (Phi) is 5.49. The van der Waals surface area contributed by atoms with Crippen LogP contribution in [-0.4, -0.2) is 23.1 Å². The first-order valence-corrected chi connectivity index (χ1v) is 8.40. The van der Waals surface area contributed by atoms with E-state index in [2.05, 4.69) is 10.6 Å². The summed E-state index contributed by atoms with van der Waals surface area (Å²) >= 11 is 0. The molecule has 0 aliphatic heterocycles. The molecule has 5 nitrogen and oxygen atoms in total. The molecule has 0 aromatic heterocycles. The molecule has 0 bridgehead atoms. The monoisotopic (exact) mass is 348 g/mol. The third kappa shape index (κ3) is 4.60. The predicted molar refractivity (Wildman–Crippen MR) is 101 cm³/mol. The number of nitrogens with one attached hydrogen (secondary N) is 2. The second kappa shape index (κ2) is 8.16. The lowest BCUT2D eigenvalue weighted by atomic mass is 10.0. The lowest BCUT2D eigenvalue weighted by Gasteiger charge is -2.17. The highest BCUT2D eigenvalue weighted by atomic mass is 16.4. The minimum atomic E-state index is -1.22. The Morgan fingerprint density at radius 3 is 2.27 bits per heavy atom. The van der Waals surface area contributed by atoms with Crippen LogP contribution in [0.4, 0.5) is 4.79 Å². The van der Waals surface area contributed by atoms with E-state index in [1.165, 1.54) is 0 Å². The number of amides is 2. The Hall–Kier alpha value is -3.34. The largest absolute Gasteiger partial charge is 0.465 e. The molecule has 3 aromatic rings. The van der Waals surface area contributed by atoms with Crippen LogP contribution in [0.15, 0.2) is 72.8 Å². The molecular formula is C21H20N2O3. The van der Waals surface area contributed by atoms with Crippen molar-refractivity contribution < 1.29 is 14.7 Å². The molecule has 1 atom stereocenters. The van der Waals surface area contributed by atoms with E-state index in [0.29, 0.717) is 6.54 Å². The molecular weight excluding hydrogens is 328 g/mol. The molecule has 0 saturated heterocycles. The maximum atomic E-state index is 12.5. The van der Waals surface area contributed by atoms with Crippen LogP contribution >= 0.6 is 0 Å². The summed E-state index contributed by atoms with van der Waals surface area (Å²) in [6.07, 6.45) is -0.928. The Morgan fingerprint density at radius 1 is 0.846 bits per heavy atom. The smallest absolute Gasteiger partial charge is 0.405 e. The van der Waals surface area contributed by atoms with E-state index in [1.807, 2.05) is 72.8 Å². The second-order valence-electron chi connectivity index (χ2n) is 6.09. The van der Waals surface area contributed by atoms with Crippen LogP contribution in [0, 0.1) is 0 Å². The summed E-state index contributed by atoms with van der Waals surface area (Å²) in [5.41, 5.74) is 1.86. The highest BCUT2D eigenvalue weighted by molar-refractivity contribution is 5.86. The number of rotatable bonds is 6. The molecule has 1 unspecified atom stereocenters. The zero-order chi connectivity index (χ0) is 18.4. The zero-order valence-electron chi connectivity index (χ0n) is 14.2. The number of hydrogen-bond acceptors (Lipinski definition) is 2. The van der Waals surface area contributed by atoms with Crippen molar-refractivity contribution in [2.24, 2.45) is 0 Å². The molecule has 3 aromatic carbocycles. The average Bonchev–Trinajstić information content (AvgIpc) is 2.66. The standard InChI is InChI=1S/C21H20N2O3/c24-20(22-14-15-6-2-1-3-7-15)19(23-21(25)26)13-16-10-11-17-8-4-5-9-18(17)12-16/h1-12,19,23H,13-14H2,(H,22,24)(H,25,26). The van der Waals surface area contributed by atoms with Gasteiger partial charge in [0.05, 0.1) is 0 Å².